The Morgan fingerprint density at radius 2 is 1.26 bits per heavy atom. The fourth-order valence-corrected chi connectivity index (χ4v) is 5.05. The van der Waals surface area contributed by atoms with Crippen molar-refractivity contribution in [3.8, 4) is 11.3 Å². The number of hydrogen-bond acceptors (Lipinski definition) is 7. The Morgan fingerprint density at radius 1 is 0.684 bits per heavy atom. The highest BCUT2D eigenvalue weighted by Gasteiger charge is 2.21. The van der Waals surface area contributed by atoms with Crippen LogP contribution in [0.3, 0.4) is 0 Å². The molecule has 4 aliphatic rings. The largest absolute Gasteiger partial charge is 0.397 e. The summed E-state index contributed by atoms with van der Waals surface area (Å²) in [5, 5.41) is 8.78. The number of anilines is 4. The van der Waals surface area contributed by atoms with E-state index in [2.05, 4.69) is 28.3 Å². The van der Waals surface area contributed by atoms with Crippen molar-refractivity contribution in [2.45, 2.75) is 0 Å². The Hall–Kier alpha value is -5.43. The molecule has 0 unspecified atom stereocenters. The smallest absolute Gasteiger partial charge is 0.113 e. The van der Waals surface area contributed by atoms with E-state index in [1.54, 1.807) is 18.3 Å². The van der Waals surface area contributed by atoms with Gasteiger partial charge in [0.25, 0.3) is 0 Å². The van der Waals surface area contributed by atoms with Gasteiger partial charge in [0.2, 0.25) is 0 Å². The highest BCUT2D eigenvalue weighted by molar-refractivity contribution is 6.06. The van der Waals surface area contributed by atoms with Crippen molar-refractivity contribution in [1.82, 2.24) is 15.2 Å². The summed E-state index contributed by atoms with van der Waals surface area (Å²) in [5.74, 6) is 0. The molecule has 8 N–H and O–H groups in total. The second kappa shape index (κ2) is 8.60. The van der Waals surface area contributed by atoms with E-state index < -0.39 is 0 Å². The number of benzene rings is 2. The van der Waals surface area contributed by atoms with E-state index >= 15 is 0 Å². The van der Waals surface area contributed by atoms with Gasteiger partial charge in [-0.2, -0.15) is 0 Å². The first kappa shape index (κ1) is 23.0. The topological polar surface area (TPSA) is 143 Å². The summed E-state index contributed by atoms with van der Waals surface area (Å²) >= 11 is 0. The highest BCUT2D eigenvalue weighted by atomic mass is 15.1. The van der Waals surface area contributed by atoms with Crippen LogP contribution in [0.25, 0.3) is 58.9 Å². The van der Waals surface area contributed by atoms with Gasteiger partial charge in [-0.3, -0.25) is 4.98 Å². The number of fused-ring (bicyclic) bond motifs is 3. The van der Waals surface area contributed by atoms with Crippen LogP contribution in [0.2, 0.25) is 0 Å². The third kappa shape index (κ3) is 3.49. The third-order valence-corrected chi connectivity index (χ3v) is 6.99. The summed E-state index contributed by atoms with van der Waals surface area (Å²) in [6.45, 7) is 7.87. The number of rotatable bonds is 4. The van der Waals surface area contributed by atoms with Gasteiger partial charge >= 0.3 is 0 Å². The van der Waals surface area contributed by atoms with Crippen LogP contribution in [0, 0.1) is 0 Å². The molecule has 38 heavy (non-hydrogen) atoms. The van der Waals surface area contributed by atoms with E-state index in [1.807, 2.05) is 60.7 Å². The minimum absolute atomic E-state index is 0.536. The molecule has 2 aliphatic heterocycles. The normalized spacial score (nSPS) is 15.4. The second-order valence-corrected chi connectivity index (χ2v) is 9.19. The van der Waals surface area contributed by atoms with E-state index in [1.165, 1.54) is 0 Å². The zero-order valence-corrected chi connectivity index (χ0v) is 20.6. The average Bonchev–Trinajstić information content (AvgIpc) is 3.60. The molecular formula is C31H25N7. The lowest BCUT2D eigenvalue weighted by Crippen LogP contribution is -2.00. The predicted octanol–water partition coefficient (Wildman–Crippen LogP) is 5.73. The second-order valence-electron chi connectivity index (χ2n) is 9.19. The first-order valence-corrected chi connectivity index (χ1v) is 12.0. The molecule has 0 fully saturated rings. The van der Waals surface area contributed by atoms with Crippen molar-refractivity contribution in [2.24, 2.45) is 0 Å². The molecule has 0 atom stereocenters. The van der Waals surface area contributed by atoms with Gasteiger partial charge in [0, 0.05) is 16.7 Å². The summed E-state index contributed by atoms with van der Waals surface area (Å²) in [6, 6.07) is 7.63. The number of nitrogens with two attached hydrogens (primary N) is 4. The number of hydrogen-bond donors (Lipinski definition) is 4. The third-order valence-electron chi connectivity index (χ3n) is 6.99. The summed E-state index contributed by atoms with van der Waals surface area (Å²) in [5.41, 5.74) is 37.5. The Bertz CT molecular complexity index is 1790. The standard InChI is InChI=1S/C31H25N7/c1-3-16-12-24(32)30(34)22-8-5-18(28(16)22)11-20-7-10-21-26(37-38-27(21)15-36-20)14-19-6-9-23-29(19)17(4-2)13-25(33)31(23)35/h3-15H,1-2,32-35H2/b18-11+,19-14+. The lowest BCUT2D eigenvalue weighted by atomic mass is 9.96. The van der Waals surface area contributed by atoms with Crippen LogP contribution in [0.5, 0.6) is 0 Å². The number of allylic oxidation sites excluding steroid dienone is 4. The molecule has 7 heteroatoms. The monoisotopic (exact) mass is 495 g/mol. The molecule has 2 aromatic carbocycles. The van der Waals surface area contributed by atoms with Gasteiger partial charge < -0.3 is 22.9 Å². The van der Waals surface area contributed by atoms with Gasteiger partial charge in [0.05, 0.1) is 40.3 Å². The number of nitrogen functional groups attached to an aromatic ring is 4. The Balaban J connectivity index is 1.41. The molecular weight excluding hydrogens is 470 g/mol. The van der Waals surface area contributed by atoms with Crippen molar-refractivity contribution in [1.29, 1.82) is 0 Å². The van der Waals surface area contributed by atoms with Crippen molar-refractivity contribution in [3.63, 3.8) is 0 Å². The van der Waals surface area contributed by atoms with Gasteiger partial charge in [-0.1, -0.05) is 49.6 Å². The molecule has 0 radical (unpaired) electrons. The first-order chi connectivity index (χ1) is 18.4. The number of aromatic nitrogens is 3. The molecule has 0 amide bonds. The molecule has 0 spiro atoms. The quantitative estimate of drug-likeness (QED) is 0.265. The maximum Gasteiger partial charge on any atom is 0.113 e. The van der Waals surface area contributed by atoms with Crippen molar-refractivity contribution < 1.29 is 0 Å². The fraction of sp³-hybridized carbons (Fsp3) is 0. The predicted molar refractivity (Wildman–Crippen MR) is 161 cm³/mol. The van der Waals surface area contributed by atoms with Gasteiger partial charge in [-0.25, -0.2) is 0 Å². The van der Waals surface area contributed by atoms with E-state index in [4.69, 9.17) is 22.9 Å². The van der Waals surface area contributed by atoms with Gasteiger partial charge in [0.15, 0.2) is 0 Å². The average molecular weight is 496 g/mol. The van der Waals surface area contributed by atoms with Crippen LogP contribution in [0.4, 0.5) is 22.7 Å². The Kier molecular flexibility index (Phi) is 5.20. The molecule has 0 saturated heterocycles. The lowest BCUT2D eigenvalue weighted by molar-refractivity contribution is 1.08. The van der Waals surface area contributed by atoms with Crippen LogP contribution in [-0.2, 0) is 0 Å². The van der Waals surface area contributed by atoms with E-state index in [0.717, 1.165) is 61.5 Å². The molecule has 2 heterocycles. The van der Waals surface area contributed by atoms with E-state index in [0.29, 0.717) is 28.4 Å². The minimum atomic E-state index is 0.536. The summed E-state index contributed by atoms with van der Waals surface area (Å²) < 4.78 is 0. The minimum Gasteiger partial charge on any atom is -0.397 e. The molecule has 2 aliphatic carbocycles. The zero-order chi connectivity index (χ0) is 26.6. The fourth-order valence-electron chi connectivity index (χ4n) is 5.05. The van der Waals surface area contributed by atoms with Crippen LogP contribution in [-0.4, -0.2) is 15.2 Å². The molecule has 0 bridgehead atoms. The molecule has 2 aromatic rings. The molecule has 0 saturated carbocycles. The molecule has 184 valence electrons. The van der Waals surface area contributed by atoms with E-state index in [9.17, 15) is 0 Å². The summed E-state index contributed by atoms with van der Waals surface area (Å²) in [4.78, 5) is 4.66. The van der Waals surface area contributed by atoms with Gasteiger partial charge in [-0.15, -0.1) is 10.2 Å². The summed E-state index contributed by atoms with van der Waals surface area (Å²) in [6.07, 6.45) is 17.3. The van der Waals surface area contributed by atoms with Crippen molar-refractivity contribution in [3.05, 3.63) is 101 Å². The molecule has 6 rings (SSSR count). The van der Waals surface area contributed by atoms with Crippen LogP contribution < -0.4 is 22.9 Å². The van der Waals surface area contributed by atoms with E-state index in [-0.39, 0.29) is 0 Å². The van der Waals surface area contributed by atoms with Crippen molar-refractivity contribution >= 4 is 70.4 Å². The Labute approximate surface area is 220 Å². The van der Waals surface area contributed by atoms with Gasteiger partial charge in [0.1, 0.15) is 5.69 Å². The molecule has 7 nitrogen and oxygen atoms in total. The zero-order valence-electron chi connectivity index (χ0n) is 20.6. The number of nitrogens with zero attached hydrogens (tertiary/aromatic N) is 3. The Morgan fingerprint density at radius 3 is 1.84 bits per heavy atom. The lowest BCUT2D eigenvalue weighted by Gasteiger charge is -2.11. The maximum atomic E-state index is 6.24. The van der Waals surface area contributed by atoms with Crippen LogP contribution >= 0.6 is 0 Å². The first-order valence-electron chi connectivity index (χ1n) is 12.0. The van der Waals surface area contributed by atoms with Gasteiger partial charge in [-0.05, 0) is 69.8 Å². The maximum absolute atomic E-state index is 6.24. The van der Waals surface area contributed by atoms with Crippen LogP contribution in [0.1, 0.15) is 44.8 Å². The SMILES string of the molecule is C=Cc1cc(N)c(N)c2c1/C(=C/c1ccc3c(/C=C4\C=Cc5c(N)c(N)cc(C=C)c54)nnc-3cn1)C=C2. The highest BCUT2D eigenvalue weighted by Crippen LogP contribution is 2.42. The van der Waals surface area contributed by atoms with Crippen molar-refractivity contribution in [2.75, 3.05) is 22.9 Å². The summed E-state index contributed by atoms with van der Waals surface area (Å²) in [7, 11) is 0. The van der Waals surface area contributed by atoms with Crippen LogP contribution in [0.15, 0.2) is 55.8 Å². The molecule has 0 aromatic heterocycles.